The number of thioether (sulfide) groups is 3. The van der Waals surface area contributed by atoms with Crippen molar-refractivity contribution in [1.29, 1.82) is 0 Å². The molecule has 0 fully saturated rings. The predicted octanol–water partition coefficient (Wildman–Crippen LogP) is 15.9. The molecule has 0 aliphatic heterocycles. The zero-order valence-corrected chi connectivity index (χ0v) is 38.5. The van der Waals surface area contributed by atoms with Crippen molar-refractivity contribution in [2.45, 2.75) is 213 Å². The fourth-order valence-electron chi connectivity index (χ4n) is 6.00. The minimum absolute atomic E-state index is 0.280. The van der Waals surface area contributed by atoms with Crippen LogP contribution in [0.1, 0.15) is 213 Å². The first-order valence-corrected chi connectivity index (χ1v) is 27.4. The highest BCUT2D eigenvalue weighted by molar-refractivity contribution is 7.99. The molecule has 0 radical (unpaired) electrons. The Morgan fingerprint density at radius 2 is 0.509 bits per heavy atom. The van der Waals surface area contributed by atoms with E-state index in [1.165, 1.54) is 193 Å². The number of phosphoric acid groups is 1. The molecule has 0 aromatic heterocycles. The molecule has 0 aliphatic carbocycles. The average Bonchev–Trinajstić information content (AvgIpc) is 3.16. The van der Waals surface area contributed by atoms with Crippen molar-refractivity contribution >= 4 is 43.1 Å². The predicted molar refractivity (Wildman–Crippen MR) is 236 cm³/mol. The lowest BCUT2D eigenvalue weighted by Gasteiger charge is -2.14. The van der Waals surface area contributed by atoms with E-state index in [4.69, 9.17) is 28.7 Å². The molecule has 0 aromatic rings. The molecular weight excluding hydrogens is 744 g/mol. The largest absolute Gasteiger partial charge is 0.556 e. The molecule has 0 amide bonds. The van der Waals surface area contributed by atoms with Gasteiger partial charge in [-0.05, 0) is 36.5 Å². The summed E-state index contributed by atoms with van der Waals surface area (Å²) in [6.07, 6.45) is 40.2. The maximum Gasteiger partial charge on any atom is 0.556 e. The molecule has 0 bridgehead atoms. The fraction of sp³-hybridized carbons (Fsp3) is 1.00. The van der Waals surface area contributed by atoms with Gasteiger partial charge in [0.25, 0.3) is 0 Å². The Labute approximate surface area is 342 Å². The van der Waals surface area contributed by atoms with Crippen LogP contribution < -0.4 is 0 Å². The summed E-state index contributed by atoms with van der Waals surface area (Å²) in [5.74, 6) is 5.48. The van der Waals surface area contributed by atoms with E-state index in [0.717, 1.165) is 34.5 Å². The van der Waals surface area contributed by atoms with Gasteiger partial charge in [0, 0.05) is 17.3 Å². The summed E-state index contributed by atoms with van der Waals surface area (Å²) in [6.45, 7) is 7.65. The molecule has 0 saturated carbocycles. The Kier molecular flexibility index (Phi) is 48.3. The van der Waals surface area contributed by atoms with Crippen molar-refractivity contribution in [3.8, 4) is 0 Å². The number of hydrogen-bond acceptors (Lipinski definition) is 10. The summed E-state index contributed by atoms with van der Waals surface area (Å²) in [5, 5.41) is 0. The van der Waals surface area contributed by atoms with Crippen LogP contribution in [0, 0.1) is 0 Å². The van der Waals surface area contributed by atoms with Crippen LogP contribution in [0.25, 0.3) is 0 Å². The van der Waals surface area contributed by atoms with Crippen LogP contribution in [0.5, 0.6) is 0 Å². The van der Waals surface area contributed by atoms with Crippen LogP contribution in [-0.4, -0.2) is 54.3 Å². The molecule has 0 atom stereocenters. The normalized spacial score (nSPS) is 12.0. The molecule has 53 heavy (non-hydrogen) atoms. The third-order valence-electron chi connectivity index (χ3n) is 9.29. The van der Waals surface area contributed by atoms with Gasteiger partial charge in [-0.25, -0.2) is 19.2 Å². The average molecular weight is 831 g/mol. The lowest BCUT2D eigenvalue weighted by Crippen LogP contribution is -2.07. The van der Waals surface area contributed by atoms with Gasteiger partial charge >= 0.3 is 7.82 Å². The summed E-state index contributed by atoms with van der Waals surface area (Å²) in [6, 6.07) is 0. The Balaban J connectivity index is 4.08. The molecule has 0 rings (SSSR count). The van der Waals surface area contributed by atoms with Crippen LogP contribution in [-0.2, 0) is 33.3 Å². The molecular formula is C42H87O7PS3. The molecule has 0 spiro atoms. The quantitative estimate of drug-likeness (QED) is 0.0256. The van der Waals surface area contributed by atoms with Crippen molar-refractivity contribution in [1.82, 2.24) is 0 Å². The second-order valence-electron chi connectivity index (χ2n) is 14.5. The monoisotopic (exact) mass is 831 g/mol. The Bertz CT molecular complexity index is 636. The van der Waals surface area contributed by atoms with E-state index >= 15 is 0 Å². The smallest absolute Gasteiger partial charge is 0.225 e. The summed E-state index contributed by atoms with van der Waals surface area (Å²) in [5.41, 5.74) is 0. The van der Waals surface area contributed by atoms with Gasteiger partial charge in [0.2, 0.25) is 0 Å². The van der Waals surface area contributed by atoms with Crippen LogP contribution in [0.15, 0.2) is 0 Å². The molecule has 11 heteroatoms. The van der Waals surface area contributed by atoms with Gasteiger partial charge in [0.15, 0.2) is 0 Å². The summed E-state index contributed by atoms with van der Waals surface area (Å²) in [7, 11) is -4.17. The van der Waals surface area contributed by atoms with Crippen molar-refractivity contribution in [3.63, 3.8) is 0 Å². The Hall–Kier alpha value is 1.04. The van der Waals surface area contributed by atoms with Gasteiger partial charge in [-0.15, -0.1) is 14.0 Å². The van der Waals surface area contributed by atoms with E-state index < -0.39 is 7.82 Å². The third kappa shape index (κ3) is 45.6. The van der Waals surface area contributed by atoms with Gasteiger partial charge in [0.1, 0.15) is 0 Å². The lowest BCUT2D eigenvalue weighted by molar-refractivity contribution is -0.320. The van der Waals surface area contributed by atoms with Crippen LogP contribution >= 0.6 is 43.1 Å². The highest BCUT2D eigenvalue weighted by atomic mass is 32.2. The Morgan fingerprint density at radius 1 is 0.302 bits per heavy atom. The van der Waals surface area contributed by atoms with E-state index in [1.54, 1.807) is 0 Å². The van der Waals surface area contributed by atoms with Gasteiger partial charge in [-0.2, -0.15) is 35.3 Å². The lowest BCUT2D eigenvalue weighted by atomic mass is 10.1. The van der Waals surface area contributed by atoms with E-state index in [1.807, 2.05) is 35.3 Å². The van der Waals surface area contributed by atoms with Crippen LogP contribution in [0.3, 0.4) is 0 Å². The highest BCUT2D eigenvalue weighted by Crippen LogP contribution is 2.50. The first-order chi connectivity index (χ1) is 26.2. The zero-order chi connectivity index (χ0) is 38.4. The number of rotatable bonds is 48. The molecule has 7 nitrogen and oxygen atoms in total. The number of unbranched alkanes of at least 4 members (excludes halogenated alkanes) is 27. The molecule has 0 saturated heterocycles. The first-order valence-electron chi connectivity index (χ1n) is 22.4. The SMILES string of the molecule is CCCCCCCCCCCCSCCOOP(=O)(OOCCSCCCCCCCCCCCC)OOCCSCCCCCCCCCCCC. The highest BCUT2D eigenvalue weighted by Gasteiger charge is 2.32. The zero-order valence-electron chi connectivity index (χ0n) is 35.1. The molecule has 0 unspecified atom stereocenters. The van der Waals surface area contributed by atoms with Crippen molar-refractivity contribution in [2.24, 2.45) is 0 Å². The summed E-state index contributed by atoms with van der Waals surface area (Å²) < 4.78 is 28.5. The molecule has 0 aromatic carbocycles. The standard InChI is InChI=1S/C42H87O7PS3/c1-4-7-10-13-16-19-22-25-28-31-37-51-40-34-44-47-50(43,48-45-35-41-52-38-32-29-26-23-20-17-14-11-8-5-2)49-46-36-42-53-39-33-30-27-24-21-18-15-12-9-6-3/h4-42H2,1-3H3. The van der Waals surface area contributed by atoms with E-state index in [-0.39, 0.29) is 19.8 Å². The molecule has 0 N–H and O–H groups in total. The van der Waals surface area contributed by atoms with Crippen molar-refractivity contribution in [3.05, 3.63) is 0 Å². The van der Waals surface area contributed by atoms with Crippen LogP contribution in [0.2, 0.25) is 0 Å². The van der Waals surface area contributed by atoms with E-state index in [2.05, 4.69) is 20.8 Å². The molecule has 320 valence electrons. The third-order valence-corrected chi connectivity index (χ3v) is 13.3. The second kappa shape index (κ2) is 47.4. The fourth-order valence-corrected chi connectivity index (χ4v) is 9.08. The van der Waals surface area contributed by atoms with Gasteiger partial charge in [-0.1, -0.05) is 194 Å². The van der Waals surface area contributed by atoms with Gasteiger partial charge in [-0.3, -0.25) is 0 Å². The van der Waals surface area contributed by atoms with Crippen molar-refractivity contribution in [2.75, 3.05) is 54.3 Å². The van der Waals surface area contributed by atoms with E-state index in [0.29, 0.717) is 0 Å². The second-order valence-corrected chi connectivity index (χ2v) is 19.5. The minimum atomic E-state index is -4.17. The molecule has 0 heterocycles. The Morgan fingerprint density at radius 3 is 0.736 bits per heavy atom. The van der Waals surface area contributed by atoms with Gasteiger partial charge in [0.05, 0.1) is 19.8 Å². The van der Waals surface area contributed by atoms with Crippen LogP contribution in [0.4, 0.5) is 0 Å². The minimum Gasteiger partial charge on any atom is -0.225 e. The summed E-state index contributed by atoms with van der Waals surface area (Å²) in [4.78, 5) is 15.7. The van der Waals surface area contributed by atoms with E-state index in [9.17, 15) is 4.57 Å². The maximum atomic E-state index is 13.2. The van der Waals surface area contributed by atoms with Gasteiger partial charge < -0.3 is 0 Å². The number of hydrogen-bond donors (Lipinski definition) is 0. The summed E-state index contributed by atoms with van der Waals surface area (Å²) >= 11 is 5.45. The maximum absolute atomic E-state index is 13.2. The molecule has 0 aliphatic rings. The topological polar surface area (TPSA) is 72.5 Å². The van der Waals surface area contributed by atoms with Crippen molar-refractivity contribution < 1.29 is 33.3 Å². The first kappa shape index (κ1) is 54.0.